The number of aromatic nitrogens is 4. The van der Waals surface area contributed by atoms with Crippen molar-refractivity contribution in [3.63, 3.8) is 0 Å². The summed E-state index contributed by atoms with van der Waals surface area (Å²) in [4.78, 5) is 6.38. The van der Waals surface area contributed by atoms with Crippen LogP contribution in [0.25, 0.3) is 0 Å². The van der Waals surface area contributed by atoms with Gasteiger partial charge in [0.1, 0.15) is 0 Å². The third-order valence-corrected chi connectivity index (χ3v) is 4.04. The Kier molecular flexibility index (Phi) is 5.13. The van der Waals surface area contributed by atoms with Gasteiger partial charge in [-0.2, -0.15) is 0 Å². The largest absolute Gasteiger partial charge is 0.316 e. The third kappa shape index (κ3) is 4.35. The van der Waals surface area contributed by atoms with Gasteiger partial charge >= 0.3 is 0 Å². The van der Waals surface area contributed by atoms with Gasteiger partial charge in [-0.15, -0.1) is 5.10 Å². The SMILES string of the molecule is CN(Cc1cccnc1)Cc1cn(CC2CCCNC2)nn1. The Bertz CT molecular complexity index is 561. The highest BCUT2D eigenvalue weighted by Crippen LogP contribution is 2.12. The summed E-state index contributed by atoms with van der Waals surface area (Å²) in [5.74, 6) is 0.677. The van der Waals surface area contributed by atoms with Crippen LogP contribution in [0.4, 0.5) is 0 Å². The average molecular weight is 300 g/mol. The van der Waals surface area contributed by atoms with Crippen molar-refractivity contribution in [1.29, 1.82) is 0 Å². The molecule has 2 aromatic heterocycles. The lowest BCUT2D eigenvalue weighted by Crippen LogP contribution is -2.32. The first kappa shape index (κ1) is 15.1. The molecule has 0 spiro atoms. The number of nitrogens with zero attached hydrogens (tertiary/aromatic N) is 5. The van der Waals surface area contributed by atoms with E-state index in [-0.39, 0.29) is 0 Å². The van der Waals surface area contributed by atoms with E-state index in [0.29, 0.717) is 5.92 Å². The van der Waals surface area contributed by atoms with Crippen molar-refractivity contribution in [1.82, 2.24) is 30.2 Å². The van der Waals surface area contributed by atoms with Crippen LogP contribution in [0.1, 0.15) is 24.1 Å². The molecule has 6 heteroatoms. The van der Waals surface area contributed by atoms with E-state index in [0.717, 1.165) is 38.4 Å². The average Bonchev–Trinajstić information content (AvgIpc) is 2.96. The van der Waals surface area contributed by atoms with E-state index in [2.05, 4.69) is 44.8 Å². The molecular weight excluding hydrogens is 276 g/mol. The van der Waals surface area contributed by atoms with Crippen molar-refractivity contribution in [3.05, 3.63) is 42.0 Å². The maximum Gasteiger partial charge on any atom is 0.0967 e. The standard InChI is InChI=1S/C16H24N6/c1-21(10-14-4-2-6-17-8-14)12-16-13-22(20-19-16)11-15-5-3-7-18-9-15/h2,4,6,8,13,15,18H,3,5,7,9-12H2,1H3. The first-order chi connectivity index (χ1) is 10.8. The second-order valence-corrected chi connectivity index (χ2v) is 6.18. The lowest BCUT2D eigenvalue weighted by atomic mass is 10.00. The normalized spacial score (nSPS) is 18.7. The molecule has 0 aliphatic carbocycles. The zero-order valence-corrected chi connectivity index (χ0v) is 13.1. The molecule has 1 aliphatic heterocycles. The molecule has 22 heavy (non-hydrogen) atoms. The van der Waals surface area contributed by atoms with Gasteiger partial charge in [-0.25, -0.2) is 0 Å². The molecule has 0 radical (unpaired) electrons. The summed E-state index contributed by atoms with van der Waals surface area (Å²) in [6, 6.07) is 4.06. The van der Waals surface area contributed by atoms with Crippen LogP contribution in [0.3, 0.4) is 0 Å². The summed E-state index contributed by atoms with van der Waals surface area (Å²) in [7, 11) is 2.09. The molecule has 3 rings (SSSR count). The topological polar surface area (TPSA) is 58.9 Å². The Labute approximate surface area is 131 Å². The van der Waals surface area contributed by atoms with E-state index in [9.17, 15) is 0 Å². The number of hydrogen-bond acceptors (Lipinski definition) is 5. The van der Waals surface area contributed by atoms with Gasteiger partial charge in [0.2, 0.25) is 0 Å². The molecule has 2 aromatic rings. The van der Waals surface area contributed by atoms with Crippen molar-refractivity contribution in [2.75, 3.05) is 20.1 Å². The number of piperidine rings is 1. The van der Waals surface area contributed by atoms with E-state index in [1.54, 1.807) is 6.20 Å². The minimum atomic E-state index is 0.677. The van der Waals surface area contributed by atoms with E-state index < -0.39 is 0 Å². The molecule has 0 amide bonds. The van der Waals surface area contributed by atoms with Crippen LogP contribution in [0, 0.1) is 5.92 Å². The minimum Gasteiger partial charge on any atom is -0.316 e. The van der Waals surface area contributed by atoms with Crippen LogP contribution >= 0.6 is 0 Å². The predicted octanol–water partition coefficient (Wildman–Crippen LogP) is 1.30. The summed E-state index contributed by atoms with van der Waals surface area (Å²) in [6.07, 6.45) is 8.33. The second-order valence-electron chi connectivity index (χ2n) is 6.18. The Hall–Kier alpha value is -1.79. The molecule has 3 heterocycles. The molecule has 1 atom stereocenters. The first-order valence-corrected chi connectivity index (χ1v) is 7.97. The van der Waals surface area contributed by atoms with Crippen molar-refractivity contribution < 1.29 is 0 Å². The van der Waals surface area contributed by atoms with Crippen LogP contribution in [0.15, 0.2) is 30.7 Å². The molecular formula is C16H24N6. The summed E-state index contributed by atoms with van der Waals surface area (Å²) in [5, 5.41) is 12.0. The van der Waals surface area contributed by atoms with E-state index in [1.807, 2.05) is 16.9 Å². The van der Waals surface area contributed by atoms with Gasteiger partial charge in [0.15, 0.2) is 0 Å². The molecule has 118 valence electrons. The Balaban J connectivity index is 1.50. The minimum absolute atomic E-state index is 0.677. The van der Waals surface area contributed by atoms with Gasteiger partial charge in [-0.3, -0.25) is 14.6 Å². The molecule has 1 aliphatic rings. The van der Waals surface area contributed by atoms with Crippen LogP contribution in [-0.4, -0.2) is 45.0 Å². The quantitative estimate of drug-likeness (QED) is 0.871. The highest BCUT2D eigenvalue weighted by Gasteiger charge is 2.14. The van der Waals surface area contributed by atoms with E-state index in [4.69, 9.17) is 0 Å². The van der Waals surface area contributed by atoms with Gasteiger partial charge in [-0.1, -0.05) is 11.3 Å². The fourth-order valence-electron chi connectivity index (χ4n) is 2.98. The molecule has 0 saturated carbocycles. The van der Waals surface area contributed by atoms with Crippen LogP contribution < -0.4 is 5.32 Å². The highest BCUT2D eigenvalue weighted by molar-refractivity contribution is 5.08. The number of nitrogens with one attached hydrogen (secondary N) is 1. The number of pyridine rings is 1. The van der Waals surface area contributed by atoms with Crippen LogP contribution in [-0.2, 0) is 19.6 Å². The number of rotatable bonds is 6. The van der Waals surface area contributed by atoms with Crippen LogP contribution in [0.5, 0.6) is 0 Å². The molecule has 1 saturated heterocycles. The Morgan fingerprint density at radius 1 is 1.41 bits per heavy atom. The van der Waals surface area contributed by atoms with Gasteiger partial charge in [0.05, 0.1) is 5.69 Å². The van der Waals surface area contributed by atoms with Gasteiger partial charge in [0, 0.05) is 38.2 Å². The third-order valence-electron chi connectivity index (χ3n) is 4.04. The highest BCUT2D eigenvalue weighted by atomic mass is 15.4. The second kappa shape index (κ2) is 7.47. The maximum atomic E-state index is 4.30. The molecule has 1 N–H and O–H groups in total. The van der Waals surface area contributed by atoms with E-state index >= 15 is 0 Å². The summed E-state index contributed by atoms with van der Waals surface area (Å²) in [5.41, 5.74) is 2.24. The summed E-state index contributed by atoms with van der Waals surface area (Å²) >= 11 is 0. The van der Waals surface area contributed by atoms with Crippen LogP contribution in [0.2, 0.25) is 0 Å². The fraction of sp³-hybridized carbons (Fsp3) is 0.562. The number of hydrogen-bond donors (Lipinski definition) is 1. The van der Waals surface area contributed by atoms with Gasteiger partial charge in [0.25, 0.3) is 0 Å². The van der Waals surface area contributed by atoms with Crippen molar-refractivity contribution in [2.24, 2.45) is 5.92 Å². The lowest BCUT2D eigenvalue weighted by Gasteiger charge is -2.22. The fourth-order valence-corrected chi connectivity index (χ4v) is 2.98. The smallest absolute Gasteiger partial charge is 0.0967 e. The van der Waals surface area contributed by atoms with E-state index in [1.165, 1.54) is 18.4 Å². The van der Waals surface area contributed by atoms with Gasteiger partial charge < -0.3 is 5.32 Å². The monoisotopic (exact) mass is 300 g/mol. The molecule has 0 aromatic carbocycles. The Morgan fingerprint density at radius 2 is 2.36 bits per heavy atom. The summed E-state index contributed by atoms with van der Waals surface area (Å²) in [6.45, 7) is 4.88. The van der Waals surface area contributed by atoms with Gasteiger partial charge in [-0.05, 0) is 50.5 Å². The molecule has 1 unspecified atom stereocenters. The maximum absolute atomic E-state index is 4.30. The molecule has 0 bridgehead atoms. The first-order valence-electron chi connectivity index (χ1n) is 7.97. The molecule has 6 nitrogen and oxygen atoms in total. The zero-order valence-electron chi connectivity index (χ0n) is 13.1. The lowest BCUT2D eigenvalue weighted by molar-refractivity contribution is 0.314. The predicted molar refractivity (Wildman–Crippen MR) is 85.0 cm³/mol. The van der Waals surface area contributed by atoms with Crippen molar-refractivity contribution in [3.8, 4) is 0 Å². The summed E-state index contributed by atoms with van der Waals surface area (Å²) < 4.78 is 1.99. The van der Waals surface area contributed by atoms with Crippen molar-refractivity contribution in [2.45, 2.75) is 32.5 Å². The Morgan fingerprint density at radius 3 is 3.14 bits per heavy atom. The van der Waals surface area contributed by atoms with Crippen molar-refractivity contribution >= 4 is 0 Å². The molecule has 1 fully saturated rings. The zero-order chi connectivity index (χ0) is 15.2.